The van der Waals surface area contributed by atoms with Crippen LogP contribution in [0, 0.1) is 5.41 Å². The molecule has 2 fully saturated rings. The second kappa shape index (κ2) is 6.75. The molecule has 0 radical (unpaired) electrons. The average Bonchev–Trinajstić information content (AvgIpc) is 2.30. The van der Waals surface area contributed by atoms with Gasteiger partial charge in [-0.1, -0.05) is 20.8 Å². The first-order valence-corrected chi connectivity index (χ1v) is 7.51. The maximum absolute atomic E-state index is 5.85. The van der Waals surface area contributed by atoms with Crippen LogP contribution in [0.3, 0.4) is 0 Å². The second-order valence-corrected chi connectivity index (χ2v) is 5.65. The monoisotopic (exact) mass is 241 g/mol. The molecule has 2 aliphatic rings. The van der Waals surface area contributed by atoms with Gasteiger partial charge < -0.3 is 9.64 Å². The Kier molecular flexibility index (Phi) is 5.94. The second-order valence-electron chi connectivity index (χ2n) is 5.65. The Balaban J connectivity index is 0.000000686. The van der Waals surface area contributed by atoms with Gasteiger partial charge in [-0.2, -0.15) is 0 Å². The zero-order valence-electron chi connectivity index (χ0n) is 12.5. The molecule has 0 bridgehead atoms. The summed E-state index contributed by atoms with van der Waals surface area (Å²) in [4.78, 5) is 2.57. The van der Waals surface area contributed by atoms with Crippen LogP contribution in [0.2, 0.25) is 0 Å². The number of nitrogens with zero attached hydrogens (tertiary/aromatic N) is 1. The lowest BCUT2D eigenvalue weighted by Gasteiger charge is -2.52. The summed E-state index contributed by atoms with van der Waals surface area (Å²) in [5.41, 5.74) is 0.672. The van der Waals surface area contributed by atoms with Gasteiger partial charge in [0.25, 0.3) is 0 Å². The number of hydrogen-bond donors (Lipinski definition) is 0. The van der Waals surface area contributed by atoms with Crippen LogP contribution in [-0.2, 0) is 4.74 Å². The van der Waals surface area contributed by atoms with E-state index >= 15 is 0 Å². The Morgan fingerprint density at radius 3 is 2.12 bits per heavy atom. The molecule has 102 valence electrons. The molecule has 0 amide bonds. The van der Waals surface area contributed by atoms with Gasteiger partial charge in [0.1, 0.15) is 0 Å². The molecule has 0 atom stereocenters. The van der Waals surface area contributed by atoms with Crippen molar-refractivity contribution in [3.8, 4) is 0 Å². The lowest BCUT2D eigenvalue weighted by atomic mass is 9.61. The molecule has 17 heavy (non-hydrogen) atoms. The summed E-state index contributed by atoms with van der Waals surface area (Å²) >= 11 is 0. The molecule has 1 heterocycles. The third-order valence-electron chi connectivity index (χ3n) is 4.15. The van der Waals surface area contributed by atoms with Crippen molar-refractivity contribution in [3.05, 3.63) is 0 Å². The zero-order chi connectivity index (χ0) is 12.9. The van der Waals surface area contributed by atoms with Gasteiger partial charge in [-0.05, 0) is 64.6 Å². The zero-order valence-corrected chi connectivity index (χ0v) is 12.5. The molecule has 0 aromatic rings. The third kappa shape index (κ3) is 3.96. The van der Waals surface area contributed by atoms with E-state index in [-0.39, 0.29) is 0 Å². The van der Waals surface area contributed by atoms with Gasteiger partial charge in [0.05, 0.1) is 12.2 Å². The quantitative estimate of drug-likeness (QED) is 0.747. The van der Waals surface area contributed by atoms with E-state index in [0.29, 0.717) is 17.6 Å². The fraction of sp³-hybridized carbons (Fsp3) is 1.00. The fourth-order valence-corrected chi connectivity index (χ4v) is 3.14. The summed E-state index contributed by atoms with van der Waals surface area (Å²) in [7, 11) is 0. The molecule has 0 N–H and O–H groups in total. The molecule has 0 aromatic heterocycles. The molecule has 1 aliphatic carbocycles. The van der Waals surface area contributed by atoms with Crippen LogP contribution in [0.4, 0.5) is 0 Å². The van der Waals surface area contributed by atoms with Crippen molar-refractivity contribution in [2.24, 2.45) is 5.41 Å². The van der Waals surface area contributed by atoms with Crippen molar-refractivity contribution in [2.45, 2.75) is 72.5 Å². The van der Waals surface area contributed by atoms with Crippen LogP contribution >= 0.6 is 0 Å². The summed E-state index contributed by atoms with van der Waals surface area (Å²) in [5, 5.41) is 0. The number of hydrogen-bond acceptors (Lipinski definition) is 2. The highest BCUT2D eigenvalue weighted by atomic mass is 16.5. The van der Waals surface area contributed by atoms with Crippen LogP contribution < -0.4 is 0 Å². The summed E-state index contributed by atoms with van der Waals surface area (Å²) < 4.78 is 5.85. The number of ether oxygens (including phenoxy) is 1. The maximum Gasteiger partial charge on any atom is 0.0589 e. The van der Waals surface area contributed by atoms with Gasteiger partial charge in [0, 0.05) is 0 Å². The van der Waals surface area contributed by atoms with Crippen LogP contribution in [0.1, 0.15) is 60.3 Å². The largest absolute Gasteiger partial charge is 0.376 e. The van der Waals surface area contributed by atoms with Gasteiger partial charge in [-0.3, -0.25) is 0 Å². The van der Waals surface area contributed by atoms with Crippen molar-refractivity contribution in [3.63, 3.8) is 0 Å². The molecular formula is C15H31NO. The number of rotatable bonds is 3. The van der Waals surface area contributed by atoms with E-state index in [9.17, 15) is 0 Å². The van der Waals surface area contributed by atoms with Crippen LogP contribution in [-0.4, -0.2) is 36.7 Å². The maximum atomic E-state index is 5.85. The minimum Gasteiger partial charge on any atom is -0.376 e. The highest BCUT2D eigenvalue weighted by molar-refractivity contribution is 4.97. The van der Waals surface area contributed by atoms with E-state index in [4.69, 9.17) is 4.74 Å². The van der Waals surface area contributed by atoms with Crippen LogP contribution in [0.15, 0.2) is 0 Å². The molecular weight excluding hydrogens is 210 g/mol. The lowest BCUT2D eigenvalue weighted by Crippen LogP contribution is -2.50. The van der Waals surface area contributed by atoms with Crippen LogP contribution in [0.25, 0.3) is 0 Å². The fourth-order valence-electron chi connectivity index (χ4n) is 3.14. The van der Waals surface area contributed by atoms with Gasteiger partial charge in [0.2, 0.25) is 0 Å². The van der Waals surface area contributed by atoms with Gasteiger partial charge in [-0.15, -0.1) is 0 Å². The van der Waals surface area contributed by atoms with E-state index in [1.54, 1.807) is 0 Å². The molecule has 0 aromatic carbocycles. The summed E-state index contributed by atoms with van der Waals surface area (Å²) in [6, 6.07) is 0. The van der Waals surface area contributed by atoms with E-state index in [0.717, 1.165) is 0 Å². The Bertz CT molecular complexity index is 199. The smallest absolute Gasteiger partial charge is 0.0589 e. The minimum atomic E-state index is 0.406. The molecule has 1 saturated heterocycles. The topological polar surface area (TPSA) is 12.5 Å². The average molecular weight is 241 g/mol. The number of likely N-dealkylation sites (tertiary alicyclic amines) is 1. The highest BCUT2D eigenvalue weighted by Gasteiger charge is 2.46. The van der Waals surface area contributed by atoms with E-state index in [1.807, 2.05) is 13.8 Å². The van der Waals surface area contributed by atoms with E-state index in [2.05, 4.69) is 25.7 Å². The standard InChI is InChI=1S/C13H25NO.C2H6/c1-4-14-7-5-13(6-8-14)9-12(10-13)15-11(2)3;1-2/h11-12H,4-10H2,1-3H3;1-2H3. The Labute approximate surface area is 108 Å². The summed E-state index contributed by atoms with van der Waals surface area (Å²) in [5.74, 6) is 0. The molecule has 1 saturated carbocycles. The Morgan fingerprint density at radius 1 is 1.18 bits per heavy atom. The molecule has 2 rings (SSSR count). The van der Waals surface area contributed by atoms with Crippen molar-refractivity contribution in [1.29, 1.82) is 0 Å². The number of piperidine rings is 1. The molecule has 2 heteroatoms. The lowest BCUT2D eigenvalue weighted by molar-refractivity contribution is -0.123. The SMILES string of the molecule is CC.CCN1CCC2(CC1)CC(OC(C)C)C2. The predicted molar refractivity (Wildman–Crippen MR) is 74.4 cm³/mol. The molecule has 0 unspecified atom stereocenters. The first kappa shape index (κ1) is 15.0. The van der Waals surface area contributed by atoms with Gasteiger partial charge >= 0.3 is 0 Å². The third-order valence-corrected chi connectivity index (χ3v) is 4.15. The predicted octanol–water partition coefficient (Wildman–Crippen LogP) is 3.70. The normalized spacial score (nSPS) is 24.4. The van der Waals surface area contributed by atoms with Crippen molar-refractivity contribution in [1.82, 2.24) is 4.90 Å². The first-order valence-electron chi connectivity index (χ1n) is 7.51. The van der Waals surface area contributed by atoms with Crippen molar-refractivity contribution >= 4 is 0 Å². The Morgan fingerprint density at radius 2 is 1.71 bits per heavy atom. The van der Waals surface area contributed by atoms with Crippen molar-refractivity contribution in [2.75, 3.05) is 19.6 Å². The highest BCUT2D eigenvalue weighted by Crippen LogP contribution is 2.50. The first-order chi connectivity index (χ1) is 8.13. The van der Waals surface area contributed by atoms with E-state index in [1.165, 1.54) is 45.3 Å². The van der Waals surface area contributed by atoms with Crippen molar-refractivity contribution < 1.29 is 4.74 Å². The van der Waals surface area contributed by atoms with Crippen LogP contribution in [0.5, 0.6) is 0 Å². The molecule has 1 spiro atoms. The summed E-state index contributed by atoms with van der Waals surface area (Å²) in [6.07, 6.45) is 6.42. The van der Waals surface area contributed by atoms with Gasteiger partial charge in [-0.25, -0.2) is 0 Å². The Hall–Kier alpha value is -0.0800. The molecule has 2 nitrogen and oxygen atoms in total. The van der Waals surface area contributed by atoms with E-state index < -0.39 is 0 Å². The molecule has 1 aliphatic heterocycles. The minimum absolute atomic E-state index is 0.406. The summed E-state index contributed by atoms with van der Waals surface area (Å²) in [6.45, 7) is 14.4. The van der Waals surface area contributed by atoms with Gasteiger partial charge in [0.15, 0.2) is 0 Å².